The Hall–Kier alpha value is -2.79. The van der Waals surface area contributed by atoms with Gasteiger partial charge in [-0.25, -0.2) is 4.98 Å². The molecule has 0 aliphatic rings. The predicted octanol–water partition coefficient (Wildman–Crippen LogP) is 6.81. The van der Waals surface area contributed by atoms with Crippen LogP contribution in [0.15, 0.2) is 46.9 Å². The SMILES string of the molecule is COc1cc(-c2nc3ccc(C)cc3[nH]2)cc(Br)c1OCc1cc(C)c(C)cc1C. The third-order valence-corrected chi connectivity index (χ3v) is 6.05. The molecule has 1 aromatic heterocycles. The van der Waals surface area contributed by atoms with Crippen molar-refractivity contribution in [2.45, 2.75) is 34.3 Å². The fourth-order valence-electron chi connectivity index (χ4n) is 3.58. The summed E-state index contributed by atoms with van der Waals surface area (Å²) in [5.41, 5.74) is 9.04. The summed E-state index contributed by atoms with van der Waals surface area (Å²) in [5, 5.41) is 0. The highest BCUT2D eigenvalue weighted by atomic mass is 79.9. The van der Waals surface area contributed by atoms with Crippen LogP contribution in [0.3, 0.4) is 0 Å². The van der Waals surface area contributed by atoms with Crippen LogP contribution in [0, 0.1) is 27.7 Å². The zero-order chi connectivity index (χ0) is 21.4. The van der Waals surface area contributed by atoms with Gasteiger partial charge >= 0.3 is 0 Å². The summed E-state index contributed by atoms with van der Waals surface area (Å²) in [5.74, 6) is 2.15. The van der Waals surface area contributed by atoms with Crippen molar-refractivity contribution < 1.29 is 9.47 Å². The molecule has 0 amide bonds. The first-order chi connectivity index (χ1) is 14.4. The summed E-state index contributed by atoms with van der Waals surface area (Å²) < 4.78 is 12.7. The number of methoxy groups -OCH3 is 1. The molecule has 0 bridgehead atoms. The van der Waals surface area contributed by atoms with E-state index in [1.807, 2.05) is 18.2 Å². The van der Waals surface area contributed by atoms with Crippen molar-refractivity contribution in [1.29, 1.82) is 0 Å². The molecule has 0 atom stereocenters. The van der Waals surface area contributed by atoms with E-state index in [-0.39, 0.29) is 0 Å². The van der Waals surface area contributed by atoms with E-state index in [2.05, 4.69) is 72.9 Å². The van der Waals surface area contributed by atoms with Crippen LogP contribution >= 0.6 is 15.9 Å². The van der Waals surface area contributed by atoms with Crippen LogP contribution in [0.1, 0.15) is 27.8 Å². The number of nitrogens with zero attached hydrogens (tertiary/aromatic N) is 1. The average molecular weight is 465 g/mol. The van der Waals surface area contributed by atoms with E-state index in [9.17, 15) is 0 Å². The molecule has 0 radical (unpaired) electrons. The first-order valence-corrected chi connectivity index (χ1v) is 10.7. The van der Waals surface area contributed by atoms with Crippen molar-refractivity contribution in [2.75, 3.05) is 7.11 Å². The second-order valence-electron chi connectivity index (χ2n) is 7.75. The van der Waals surface area contributed by atoms with E-state index >= 15 is 0 Å². The minimum atomic E-state index is 0.477. The number of H-pyrrole nitrogens is 1. The topological polar surface area (TPSA) is 47.1 Å². The van der Waals surface area contributed by atoms with Crippen LogP contribution in [0.4, 0.5) is 0 Å². The second kappa shape index (κ2) is 8.15. The van der Waals surface area contributed by atoms with E-state index in [4.69, 9.17) is 14.5 Å². The lowest BCUT2D eigenvalue weighted by molar-refractivity contribution is 0.282. The summed E-state index contributed by atoms with van der Waals surface area (Å²) >= 11 is 3.66. The third kappa shape index (κ3) is 3.94. The summed E-state index contributed by atoms with van der Waals surface area (Å²) in [4.78, 5) is 8.12. The van der Waals surface area contributed by atoms with Crippen LogP contribution in [0.2, 0.25) is 0 Å². The molecular formula is C25H25BrN2O2. The van der Waals surface area contributed by atoms with E-state index in [1.165, 1.54) is 27.8 Å². The van der Waals surface area contributed by atoms with Crippen molar-refractivity contribution in [3.63, 3.8) is 0 Å². The number of halogens is 1. The Morgan fingerprint density at radius 1 is 0.933 bits per heavy atom. The maximum absolute atomic E-state index is 6.18. The summed E-state index contributed by atoms with van der Waals surface area (Å²) in [6.07, 6.45) is 0. The number of fused-ring (bicyclic) bond motifs is 1. The largest absolute Gasteiger partial charge is 0.493 e. The maximum atomic E-state index is 6.18. The number of hydrogen-bond acceptors (Lipinski definition) is 3. The standard InChI is InChI=1S/C25H25BrN2O2/c1-14-6-7-21-22(8-14)28-25(27-21)18-11-20(26)24(23(12-18)29-5)30-13-19-10-16(3)15(2)9-17(19)4/h6-12H,13H2,1-5H3,(H,27,28). The Kier molecular flexibility index (Phi) is 5.56. The van der Waals surface area contributed by atoms with Gasteiger partial charge in [-0.15, -0.1) is 0 Å². The molecule has 5 heteroatoms. The molecule has 0 aliphatic heterocycles. The Morgan fingerprint density at radius 2 is 1.70 bits per heavy atom. The van der Waals surface area contributed by atoms with E-state index < -0.39 is 0 Å². The quantitative estimate of drug-likeness (QED) is 0.352. The van der Waals surface area contributed by atoms with Crippen LogP contribution < -0.4 is 9.47 Å². The highest BCUT2D eigenvalue weighted by Crippen LogP contribution is 2.40. The molecule has 4 rings (SSSR count). The van der Waals surface area contributed by atoms with Crippen LogP contribution in [-0.4, -0.2) is 17.1 Å². The Labute approximate surface area is 185 Å². The first kappa shape index (κ1) is 20.5. The van der Waals surface area contributed by atoms with Gasteiger partial charge in [0, 0.05) is 5.56 Å². The first-order valence-electron chi connectivity index (χ1n) is 9.89. The fraction of sp³-hybridized carbons (Fsp3) is 0.240. The van der Waals surface area contributed by atoms with Crippen molar-refractivity contribution in [2.24, 2.45) is 0 Å². The normalized spacial score (nSPS) is 11.1. The van der Waals surface area contributed by atoms with Gasteiger partial charge in [0.05, 0.1) is 22.6 Å². The molecule has 30 heavy (non-hydrogen) atoms. The lowest BCUT2D eigenvalue weighted by Gasteiger charge is -2.16. The van der Waals surface area contributed by atoms with Crippen LogP contribution in [0.5, 0.6) is 11.5 Å². The number of rotatable bonds is 5. The predicted molar refractivity (Wildman–Crippen MR) is 126 cm³/mol. The molecule has 1 heterocycles. The Balaban J connectivity index is 1.66. The molecule has 0 saturated heterocycles. The molecule has 0 fully saturated rings. The average Bonchev–Trinajstić information content (AvgIpc) is 3.13. The molecule has 1 N–H and O–H groups in total. The number of aromatic nitrogens is 2. The molecule has 4 nitrogen and oxygen atoms in total. The smallest absolute Gasteiger partial charge is 0.175 e. The third-order valence-electron chi connectivity index (χ3n) is 5.46. The van der Waals surface area contributed by atoms with Crippen molar-refractivity contribution in [3.8, 4) is 22.9 Å². The molecule has 0 unspecified atom stereocenters. The molecule has 154 valence electrons. The second-order valence-corrected chi connectivity index (χ2v) is 8.60. The maximum Gasteiger partial charge on any atom is 0.175 e. The number of hydrogen-bond donors (Lipinski definition) is 1. The van der Waals surface area contributed by atoms with Gasteiger partial charge in [-0.1, -0.05) is 18.2 Å². The fourth-order valence-corrected chi connectivity index (χ4v) is 4.14. The highest BCUT2D eigenvalue weighted by molar-refractivity contribution is 9.10. The Morgan fingerprint density at radius 3 is 2.47 bits per heavy atom. The lowest BCUT2D eigenvalue weighted by atomic mass is 10.0. The van der Waals surface area contributed by atoms with Gasteiger partial charge in [-0.3, -0.25) is 0 Å². The van der Waals surface area contributed by atoms with Crippen LogP contribution in [-0.2, 0) is 6.61 Å². The molecule has 0 spiro atoms. The van der Waals surface area contributed by atoms with Gasteiger partial charge in [-0.2, -0.15) is 0 Å². The lowest BCUT2D eigenvalue weighted by Crippen LogP contribution is -2.02. The summed E-state index contributed by atoms with van der Waals surface area (Å²) in [6, 6.07) is 14.5. The summed E-state index contributed by atoms with van der Waals surface area (Å²) in [7, 11) is 1.65. The molecule has 0 aliphatic carbocycles. The van der Waals surface area contributed by atoms with Gasteiger partial charge in [0.2, 0.25) is 0 Å². The van der Waals surface area contributed by atoms with Crippen molar-refractivity contribution >= 4 is 27.0 Å². The van der Waals surface area contributed by atoms with Gasteiger partial charge in [-0.05, 0) is 95.7 Å². The van der Waals surface area contributed by atoms with Gasteiger partial charge in [0.1, 0.15) is 12.4 Å². The van der Waals surface area contributed by atoms with Gasteiger partial charge in [0.25, 0.3) is 0 Å². The zero-order valence-electron chi connectivity index (χ0n) is 17.9. The minimum absolute atomic E-state index is 0.477. The van der Waals surface area contributed by atoms with Gasteiger partial charge < -0.3 is 14.5 Å². The minimum Gasteiger partial charge on any atom is -0.493 e. The monoisotopic (exact) mass is 464 g/mol. The van der Waals surface area contributed by atoms with E-state index in [1.54, 1.807) is 7.11 Å². The Bertz CT molecular complexity index is 1240. The number of ether oxygens (including phenoxy) is 2. The van der Waals surface area contributed by atoms with Crippen molar-refractivity contribution in [1.82, 2.24) is 9.97 Å². The number of aryl methyl sites for hydroxylation is 4. The molecule has 3 aromatic carbocycles. The summed E-state index contributed by atoms with van der Waals surface area (Å²) in [6.45, 7) is 8.92. The number of aromatic amines is 1. The van der Waals surface area contributed by atoms with Gasteiger partial charge in [0.15, 0.2) is 11.5 Å². The number of benzene rings is 3. The zero-order valence-corrected chi connectivity index (χ0v) is 19.5. The number of imidazole rings is 1. The molecular weight excluding hydrogens is 440 g/mol. The van der Waals surface area contributed by atoms with E-state index in [0.717, 1.165) is 26.9 Å². The van der Waals surface area contributed by atoms with Crippen molar-refractivity contribution in [3.05, 3.63) is 74.8 Å². The highest BCUT2D eigenvalue weighted by Gasteiger charge is 2.16. The molecule has 0 saturated carbocycles. The number of nitrogens with one attached hydrogen (secondary N) is 1. The molecule has 4 aromatic rings. The van der Waals surface area contributed by atoms with Crippen LogP contribution in [0.25, 0.3) is 22.4 Å². The van der Waals surface area contributed by atoms with E-state index in [0.29, 0.717) is 18.1 Å².